The molecule has 0 radical (unpaired) electrons. The number of hydrogen-bond donors (Lipinski definition) is 0. The number of fused-ring (bicyclic) bond motifs is 5. The highest BCUT2D eigenvalue weighted by Crippen LogP contribution is 2.44. The predicted molar refractivity (Wildman–Crippen MR) is 253 cm³/mol. The monoisotopic (exact) mass is 765 g/mol. The van der Waals surface area contributed by atoms with Crippen molar-refractivity contribution in [2.24, 2.45) is 0 Å². The van der Waals surface area contributed by atoms with Gasteiger partial charge >= 0.3 is 0 Å². The van der Waals surface area contributed by atoms with Crippen molar-refractivity contribution in [3.05, 3.63) is 237 Å². The summed E-state index contributed by atoms with van der Waals surface area (Å²) in [7, 11) is 0. The molecule has 0 aliphatic heterocycles. The number of furan rings is 1. The van der Waals surface area contributed by atoms with Gasteiger partial charge in [-0.1, -0.05) is 188 Å². The Labute approximate surface area is 349 Å². The van der Waals surface area contributed by atoms with Gasteiger partial charge < -0.3 is 9.32 Å². The van der Waals surface area contributed by atoms with Crippen LogP contribution in [0.3, 0.4) is 0 Å². The molecule has 0 fully saturated rings. The minimum absolute atomic E-state index is 0.887. The first kappa shape index (κ1) is 35.2. The van der Waals surface area contributed by atoms with Crippen LogP contribution in [0.15, 0.2) is 241 Å². The first-order valence-corrected chi connectivity index (χ1v) is 20.5. The van der Waals surface area contributed by atoms with E-state index in [2.05, 4.69) is 241 Å². The Morgan fingerprint density at radius 3 is 1.53 bits per heavy atom. The molecular formula is C58H39NO. The van der Waals surface area contributed by atoms with Gasteiger partial charge in [-0.25, -0.2) is 0 Å². The number of benzene rings is 10. The molecule has 1 aromatic heterocycles. The molecule has 1 heterocycles. The molecule has 0 amide bonds. The van der Waals surface area contributed by atoms with Crippen LogP contribution in [0.2, 0.25) is 0 Å². The molecule has 60 heavy (non-hydrogen) atoms. The molecule has 10 aromatic carbocycles. The van der Waals surface area contributed by atoms with Crippen LogP contribution in [-0.2, 0) is 0 Å². The molecule has 282 valence electrons. The zero-order valence-electron chi connectivity index (χ0n) is 32.9. The Morgan fingerprint density at radius 2 is 0.817 bits per heavy atom. The Balaban J connectivity index is 1.07. The van der Waals surface area contributed by atoms with Crippen molar-refractivity contribution in [1.82, 2.24) is 0 Å². The summed E-state index contributed by atoms with van der Waals surface area (Å²) >= 11 is 0. The van der Waals surface area contributed by atoms with E-state index in [1.807, 2.05) is 0 Å². The SMILES string of the molecule is c1ccc(-c2ccc(-c3ccc(N(c4ccc(-c5ccccc5)cc4)c4cccc(-c5cccc6oc7c8ccccc8ccc7c56)c4)cc3-c3ccccc3)cc2)cc1. The van der Waals surface area contributed by atoms with E-state index in [0.29, 0.717) is 0 Å². The maximum atomic E-state index is 6.61. The highest BCUT2D eigenvalue weighted by Gasteiger charge is 2.19. The molecule has 0 saturated heterocycles. The van der Waals surface area contributed by atoms with Gasteiger partial charge in [-0.15, -0.1) is 0 Å². The molecule has 0 bridgehead atoms. The third kappa shape index (κ3) is 6.41. The summed E-state index contributed by atoms with van der Waals surface area (Å²) in [4.78, 5) is 2.38. The second-order valence-electron chi connectivity index (χ2n) is 15.3. The standard InChI is InChI=1S/C58H39NO/c1-4-14-40(15-5-1)42-26-28-46(29-27-42)51-37-35-50(39-55(51)44-18-8-3-9-19-44)59(48-33-30-43(31-34-48)41-16-6-2-7-17-41)49-22-12-21-47(38-49)52-24-13-25-56-57(52)54-36-32-45-20-10-11-23-53(45)58(54)60-56/h1-39H. The maximum absolute atomic E-state index is 6.61. The topological polar surface area (TPSA) is 16.4 Å². The van der Waals surface area contributed by atoms with Gasteiger partial charge in [-0.05, 0) is 110 Å². The van der Waals surface area contributed by atoms with Crippen LogP contribution in [0.4, 0.5) is 17.1 Å². The van der Waals surface area contributed by atoms with Crippen molar-refractivity contribution >= 4 is 49.8 Å². The lowest BCUT2D eigenvalue weighted by atomic mass is 9.92. The Kier molecular flexibility index (Phi) is 8.87. The van der Waals surface area contributed by atoms with E-state index in [-0.39, 0.29) is 0 Å². The normalized spacial score (nSPS) is 11.3. The van der Waals surface area contributed by atoms with E-state index < -0.39 is 0 Å². The summed E-state index contributed by atoms with van der Waals surface area (Å²) < 4.78 is 6.61. The number of rotatable bonds is 8. The van der Waals surface area contributed by atoms with Crippen LogP contribution in [0.25, 0.3) is 88.3 Å². The Morgan fingerprint density at radius 1 is 0.283 bits per heavy atom. The maximum Gasteiger partial charge on any atom is 0.143 e. The average Bonchev–Trinajstić information content (AvgIpc) is 3.73. The van der Waals surface area contributed by atoms with Gasteiger partial charge in [0.15, 0.2) is 0 Å². The first-order valence-electron chi connectivity index (χ1n) is 20.5. The van der Waals surface area contributed by atoms with E-state index in [0.717, 1.165) is 55.5 Å². The fraction of sp³-hybridized carbons (Fsp3) is 0. The summed E-state index contributed by atoms with van der Waals surface area (Å²) in [5, 5.41) is 4.55. The molecule has 11 aromatic rings. The lowest BCUT2D eigenvalue weighted by molar-refractivity contribution is 0.673. The van der Waals surface area contributed by atoms with E-state index >= 15 is 0 Å². The van der Waals surface area contributed by atoms with Gasteiger partial charge in [0.05, 0.1) is 0 Å². The lowest BCUT2D eigenvalue weighted by Crippen LogP contribution is -2.10. The van der Waals surface area contributed by atoms with Gasteiger partial charge in [0.25, 0.3) is 0 Å². The van der Waals surface area contributed by atoms with Crippen molar-refractivity contribution in [2.45, 2.75) is 0 Å². The third-order valence-corrected chi connectivity index (χ3v) is 11.7. The van der Waals surface area contributed by atoms with Crippen molar-refractivity contribution in [3.63, 3.8) is 0 Å². The highest BCUT2D eigenvalue weighted by molar-refractivity contribution is 6.19. The summed E-state index contributed by atoms with van der Waals surface area (Å²) in [6.45, 7) is 0. The molecular weight excluding hydrogens is 727 g/mol. The van der Waals surface area contributed by atoms with E-state index in [4.69, 9.17) is 4.42 Å². The van der Waals surface area contributed by atoms with E-state index in [1.54, 1.807) is 0 Å². The van der Waals surface area contributed by atoms with Crippen LogP contribution in [0.1, 0.15) is 0 Å². The van der Waals surface area contributed by atoms with Crippen LogP contribution in [-0.4, -0.2) is 0 Å². The first-order chi connectivity index (χ1) is 29.7. The Bertz CT molecular complexity index is 3280. The van der Waals surface area contributed by atoms with Crippen molar-refractivity contribution in [2.75, 3.05) is 4.90 Å². The zero-order valence-corrected chi connectivity index (χ0v) is 32.9. The smallest absolute Gasteiger partial charge is 0.143 e. The van der Waals surface area contributed by atoms with Gasteiger partial charge in [0.2, 0.25) is 0 Å². The fourth-order valence-corrected chi connectivity index (χ4v) is 8.74. The van der Waals surface area contributed by atoms with Gasteiger partial charge in [-0.2, -0.15) is 0 Å². The molecule has 0 spiro atoms. The summed E-state index contributed by atoms with van der Waals surface area (Å²) in [6.07, 6.45) is 0. The zero-order chi connectivity index (χ0) is 39.8. The second-order valence-corrected chi connectivity index (χ2v) is 15.3. The number of hydrogen-bond acceptors (Lipinski definition) is 2. The van der Waals surface area contributed by atoms with Gasteiger partial charge in [-0.3, -0.25) is 0 Å². The quantitative estimate of drug-likeness (QED) is 0.153. The second kappa shape index (κ2) is 15.1. The molecule has 0 aliphatic rings. The van der Waals surface area contributed by atoms with Gasteiger partial charge in [0, 0.05) is 33.2 Å². The fourth-order valence-electron chi connectivity index (χ4n) is 8.74. The van der Waals surface area contributed by atoms with Crippen molar-refractivity contribution in [3.8, 4) is 55.6 Å². The van der Waals surface area contributed by atoms with Crippen molar-refractivity contribution in [1.29, 1.82) is 0 Å². The van der Waals surface area contributed by atoms with Crippen LogP contribution in [0, 0.1) is 0 Å². The molecule has 2 heteroatoms. The average molecular weight is 766 g/mol. The lowest BCUT2D eigenvalue weighted by Gasteiger charge is -2.27. The minimum atomic E-state index is 0.887. The van der Waals surface area contributed by atoms with E-state index in [1.165, 1.54) is 49.9 Å². The molecule has 11 rings (SSSR count). The minimum Gasteiger partial charge on any atom is -0.455 e. The summed E-state index contributed by atoms with van der Waals surface area (Å²) in [5.41, 5.74) is 16.8. The molecule has 0 atom stereocenters. The van der Waals surface area contributed by atoms with Crippen molar-refractivity contribution < 1.29 is 4.42 Å². The predicted octanol–water partition coefficient (Wildman–Crippen LogP) is 16.5. The molecule has 0 N–H and O–H groups in total. The molecule has 2 nitrogen and oxygen atoms in total. The number of nitrogens with zero attached hydrogens (tertiary/aromatic N) is 1. The third-order valence-electron chi connectivity index (χ3n) is 11.7. The molecule has 0 unspecified atom stereocenters. The van der Waals surface area contributed by atoms with Crippen LogP contribution < -0.4 is 4.90 Å². The molecule has 0 aliphatic carbocycles. The largest absolute Gasteiger partial charge is 0.455 e. The van der Waals surface area contributed by atoms with E-state index in [9.17, 15) is 0 Å². The molecule has 0 saturated carbocycles. The van der Waals surface area contributed by atoms with Crippen LogP contribution in [0.5, 0.6) is 0 Å². The Hall–Kier alpha value is -7.94. The summed E-state index contributed by atoms with van der Waals surface area (Å²) in [5.74, 6) is 0. The van der Waals surface area contributed by atoms with Crippen LogP contribution >= 0.6 is 0 Å². The number of anilines is 3. The van der Waals surface area contributed by atoms with Gasteiger partial charge in [0.1, 0.15) is 11.2 Å². The highest BCUT2D eigenvalue weighted by atomic mass is 16.3. The summed E-state index contributed by atoms with van der Waals surface area (Å²) in [6, 6.07) is 84.8.